The first kappa shape index (κ1) is 17.3. The van der Waals surface area contributed by atoms with Gasteiger partial charge in [-0.25, -0.2) is 4.79 Å². The number of aliphatic hydroxyl groups excluding tert-OH is 1. The SMILES string of the molecule is C[C@H]1CCCC(O)CCC/C=C/c2cc(O)cc(O)c2C(=O)O1. The first-order valence-electron chi connectivity index (χ1n) is 8.09. The first-order valence-corrected chi connectivity index (χ1v) is 8.09. The molecular weight excluding hydrogens is 296 g/mol. The molecule has 1 aromatic rings. The number of benzene rings is 1. The molecule has 1 aromatic carbocycles. The maximum Gasteiger partial charge on any atom is 0.342 e. The Labute approximate surface area is 136 Å². The third-order valence-corrected chi connectivity index (χ3v) is 4.00. The van der Waals surface area contributed by atoms with Crippen LogP contribution in [0.3, 0.4) is 0 Å². The van der Waals surface area contributed by atoms with Crippen molar-refractivity contribution in [2.45, 2.75) is 57.7 Å². The number of rotatable bonds is 0. The van der Waals surface area contributed by atoms with E-state index in [1.807, 2.05) is 6.08 Å². The van der Waals surface area contributed by atoms with Gasteiger partial charge in [-0.2, -0.15) is 0 Å². The van der Waals surface area contributed by atoms with E-state index >= 15 is 0 Å². The lowest BCUT2D eigenvalue weighted by Crippen LogP contribution is -2.17. The molecule has 5 heteroatoms. The fourth-order valence-electron chi connectivity index (χ4n) is 2.75. The van der Waals surface area contributed by atoms with E-state index in [0.717, 1.165) is 31.7 Å². The predicted octanol–water partition coefficient (Wildman–Crippen LogP) is 3.37. The Morgan fingerprint density at radius 3 is 2.65 bits per heavy atom. The molecule has 23 heavy (non-hydrogen) atoms. The van der Waals surface area contributed by atoms with Crippen molar-refractivity contribution in [3.63, 3.8) is 0 Å². The van der Waals surface area contributed by atoms with Gasteiger partial charge in [0.15, 0.2) is 0 Å². The number of aromatic hydroxyl groups is 2. The van der Waals surface area contributed by atoms with Gasteiger partial charge >= 0.3 is 5.97 Å². The number of esters is 1. The number of hydrogen-bond acceptors (Lipinski definition) is 5. The second-order valence-electron chi connectivity index (χ2n) is 6.06. The lowest BCUT2D eigenvalue weighted by atomic mass is 10.0. The van der Waals surface area contributed by atoms with Crippen molar-refractivity contribution < 1.29 is 24.9 Å². The number of hydrogen-bond donors (Lipinski definition) is 3. The molecule has 2 rings (SSSR count). The topological polar surface area (TPSA) is 87.0 Å². The number of allylic oxidation sites excluding steroid dienone is 1. The summed E-state index contributed by atoms with van der Waals surface area (Å²) in [6.07, 6.45) is 7.39. The van der Waals surface area contributed by atoms with Crippen LogP contribution in [-0.4, -0.2) is 33.5 Å². The monoisotopic (exact) mass is 320 g/mol. The second-order valence-corrected chi connectivity index (χ2v) is 6.06. The lowest BCUT2D eigenvalue weighted by molar-refractivity contribution is 0.0307. The van der Waals surface area contributed by atoms with E-state index in [1.54, 1.807) is 13.0 Å². The van der Waals surface area contributed by atoms with E-state index in [0.29, 0.717) is 18.4 Å². The molecule has 1 aliphatic rings. The summed E-state index contributed by atoms with van der Waals surface area (Å²) in [5, 5.41) is 29.5. The molecule has 1 aliphatic heterocycles. The summed E-state index contributed by atoms with van der Waals surface area (Å²) in [5.74, 6) is -1.00. The molecule has 0 bridgehead atoms. The van der Waals surface area contributed by atoms with Crippen LogP contribution in [0.25, 0.3) is 6.08 Å². The van der Waals surface area contributed by atoms with E-state index in [9.17, 15) is 20.1 Å². The highest BCUT2D eigenvalue weighted by atomic mass is 16.5. The maximum absolute atomic E-state index is 12.3. The zero-order valence-corrected chi connectivity index (χ0v) is 13.4. The van der Waals surface area contributed by atoms with Gasteiger partial charge in [0.1, 0.15) is 17.1 Å². The summed E-state index contributed by atoms with van der Waals surface area (Å²) in [4.78, 5) is 12.3. The Hall–Kier alpha value is -2.01. The van der Waals surface area contributed by atoms with E-state index < -0.39 is 5.97 Å². The molecular formula is C18H24O5. The molecule has 0 saturated carbocycles. The fourth-order valence-corrected chi connectivity index (χ4v) is 2.75. The molecule has 0 amide bonds. The standard InChI is InChI=1S/C18H24O5/c1-12-6-5-9-14(19)8-4-2-3-7-13-10-15(20)11-16(21)17(13)18(22)23-12/h3,7,10-12,14,19-21H,2,4-6,8-9H2,1H3/b7-3+/t12-,14?/m0/s1. The smallest absolute Gasteiger partial charge is 0.342 e. The van der Waals surface area contributed by atoms with Crippen molar-refractivity contribution in [2.24, 2.45) is 0 Å². The Morgan fingerprint density at radius 1 is 1.13 bits per heavy atom. The highest BCUT2D eigenvalue weighted by Crippen LogP contribution is 2.30. The van der Waals surface area contributed by atoms with Gasteiger partial charge < -0.3 is 20.1 Å². The van der Waals surface area contributed by atoms with E-state index in [2.05, 4.69) is 0 Å². The molecule has 0 fully saturated rings. The van der Waals surface area contributed by atoms with E-state index in [4.69, 9.17) is 4.74 Å². The molecule has 126 valence electrons. The minimum Gasteiger partial charge on any atom is -0.508 e. The fraction of sp³-hybridized carbons (Fsp3) is 0.500. The van der Waals surface area contributed by atoms with Crippen LogP contribution >= 0.6 is 0 Å². The molecule has 3 N–H and O–H groups in total. The average molecular weight is 320 g/mol. The van der Waals surface area contributed by atoms with Gasteiger partial charge in [-0.1, -0.05) is 12.2 Å². The van der Waals surface area contributed by atoms with Crippen LogP contribution in [0.15, 0.2) is 18.2 Å². The number of phenolic OH excluding ortho intramolecular Hbond substituents is 2. The average Bonchev–Trinajstić information content (AvgIpc) is 2.45. The molecule has 0 spiro atoms. The molecule has 0 aliphatic carbocycles. The van der Waals surface area contributed by atoms with Gasteiger partial charge in [-0.3, -0.25) is 0 Å². The Kier molecular flexibility index (Phi) is 6.04. The van der Waals surface area contributed by atoms with Crippen LogP contribution in [0.5, 0.6) is 11.5 Å². The van der Waals surface area contributed by atoms with Crippen LogP contribution < -0.4 is 0 Å². The van der Waals surface area contributed by atoms with Crippen LogP contribution in [-0.2, 0) is 4.74 Å². The molecule has 1 unspecified atom stereocenters. The van der Waals surface area contributed by atoms with E-state index in [1.165, 1.54) is 6.07 Å². The summed E-state index contributed by atoms with van der Waals surface area (Å²) in [7, 11) is 0. The summed E-state index contributed by atoms with van der Waals surface area (Å²) in [5.41, 5.74) is 0.500. The quantitative estimate of drug-likeness (QED) is 0.638. The van der Waals surface area contributed by atoms with Gasteiger partial charge in [0.05, 0.1) is 12.2 Å². The molecule has 0 saturated heterocycles. The van der Waals surface area contributed by atoms with Crippen LogP contribution in [0, 0.1) is 0 Å². The van der Waals surface area contributed by atoms with Crippen molar-refractivity contribution in [3.05, 3.63) is 29.3 Å². The van der Waals surface area contributed by atoms with Gasteiger partial charge in [-0.05, 0) is 57.1 Å². The van der Waals surface area contributed by atoms with Gasteiger partial charge in [0.25, 0.3) is 0 Å². The third-order valence-electron chi connectivity index (χ3n) is 4.00. The minimum atomic E-state index is -0.604. The van der Waals surface area contributed by atoms with Crippen molar-refractivity contribution >= 4 is 12.0 Å². The summed E-state index contributed by atoms with van der Waals surface area (Å²) in [6.45, 7) is 1.79. The summed E-state index contributed by atoms with van der Waals surface area (Å²) < 4.78 is 5.38. The van der Waals surface area contributed by atoms with Gasteiger partial charge in [0, 0.05) is 6.07 Å². The third kappa shape index (κ3) is 4.99. The van der Waals surface area contributed by atoms with Crippen molar-refractivity contribution in [3.8, 4) is 11.5 Å². The van der Waals surface area contributed by atoms with Gasteiger partial charge in [0.2, 0.25) is 0 Å². The van der Waals surface area contributed by atoms with Gasteiger partial charge in [-0.15, -0.1) is 0 Å². The zero-order valence-electron chi connectivity index (χ0n) is 13.4. The van der Waals surface area contributed by atoms with Crippen LogP contribution in [0.2, 0.25) is 0 Å². The maximum atomic E-state index is 12.3. The summed E-state index contributed by atoms with van der Waals surface area (Å²) in [6, 6.07) is 2.57. The number of carbonyl (C=O) groups excluding carboxylic acids is 1. The Bertz CT molecular complexity index is 579. The number of aliphatic hydroxyl groups is 1. The number of ether oxygens (including phenoxy) is 1. The number of phenols is 2. The highest BCUT2D eigenvalue weighted by molar-refractivity contribution is 5.97. The predicted molar refractivity (Wildman–Crippen MR) is 87.4 cm³/mol. The lowest BCUT2D eigenvalue weighted by Gasteiger charge is -2.17. The Morgan fingerprint density at radius 2 is 1.87 bits per heavy atom. The normalized spacial score (nSPS) is 25.0. The van der Waals surface area contributed by atoms with Crippen LogP contribution in [0.4, 0.5) is 0 Å². The second kappa shape index (κ2) is 8.02. The first-order chi connectivity index (χ1) is 11.0. The van der Waals surface area contributed by atoms with Crippen LogP contribution in [0.1, 0.15) is 61.4 Å². The van der Waals surface area contributed by atoms with Crippen molar-refractivity contribution in [1.29, 1.82) is 0 Å². The largest absolute Gasteiger partial charge is 0.508 e. The molecule has 1 heterocycles. The molecule has 2 atom stereocenters. The zero-order chi connectivity index (χ0) is 16.8. The highest BCUT2D eigenvalue weighted by Gasteiger charge is 2.20. The van der Waals surface area contributed by atoms with E-state index in [-0.39, 0.29) is 29.3 Å². The molecule has 5 nitrogen and oxygen atoms in total. The van der Waals surface area contributed by atoms with Crippen molar-refractivity contribution in [1.82, 2.24) is 0 Å². The molecule has 0 aromatic heterocycles. The number of cyclic esters (lactones) is 1. The minimum absolute atomic E-state index is 0.0722. The number of carbonyl (C=O) groups is 1. The number of fused-ring (bicyclic) bond motifs is 1. The summed E-state index contributed by atoms with van der Waals surface area (Å²) >= 11 is 0. The Balaban J connectivity index is 2.30. The molecule has 0 radical (unpaired) electrons. The van der Waals surface area contributed by atoms with Crippen molar-refractivity contribution in [2.75, 3.05) is 0 Å².